The first-order chi connectivity index (χ1) is 8.99. The quantitative estimate of drug-likeness (QED) is 0.899. The maximum atomic E-state index is 10.9. The molecular formula is C16H16O3. The summed E-state index contributed by atoms with van der Waals surface area (Å²) in [4.78, 5) is 10.9. The van der Waals surface area contributed by atoms with Crippen molar-refractivity contribution in [2.24, 2.45) is 0 Å². The monoisotopic (exact) mass is 256 g/mol. The Labute approximate surface area is 112 Å². The summed E-state index contributed by atoms with van der Waals surface area (Å²) < 4.78 is 5.85. The zero-order valence-electron chi connectivity index (χ0n) is 11.2. The van der Waals surface area contributed by atoms with Crippen molar-refractivity contribution in [2.45, 2.75) is 20.8 Å². The van der Waals surface area contributed by atoms with E-state index in [0.717, 1.165) is 22.4 Å². The van der Waals surface area contributed by atoms with E-state index in [0.29, 0.717) is 5.75 Å². The highest BCUT2D eigenvalue weighted by molar-refractivity contribution is 5.88. The van der Waals surface area contributed by atoms with Crippen LogP contribution in [0.1, 0.15) is 27.0 Å². The van der Waals surface area contributed by atoms with Gasteiger partial charge in [0.2, 0.25) is 0 Å². The second-order valence-electron chi connectivity index (χ2n) is 4.59. The number of benzene rings is 2. The van der Waals surface area contributed by atoms with Crippen molar-refractivity contribution in [3.05, 3.63) is 58.7 Å². The Morgan fingerprint density at radius 2 is 1.74 bits per heavy atom. The van der Waals surface area contributed by atoms with Gasteiger partial charge >= 0.3 is 5.97 Å². The van der Waals surface area contributed by atoms with Gasteiger partial charge in [-0.05, 0) is 55.7 Å². The molecule has 0 unspecified atom stereocenters. The average molecular weight is 256 g/mol. The Morgan fingerprint density at radius 3 is 2.42 bits per heavy atom. The van der Waals surface area contributed by atoms with Crippen molar-refractivity contribution in [2.75, 3.05) is 0 Å². The third-order valence-corrected chi connectivity index (χ3v) is 3.17. The third kappa shape index (κ3) is 2.76. The molecule has 0 bridgehead atoms. The molecule has 0 aromatic heterocycles. The van der Waals surface area contributed by atoms with Gasteiger partial charge in [0.25, 0.3) is 0 Å². The molecule has 19 heavy (non-hydrogen) atoms. The van der Waals surface area contributed by atoms with Gasteiger partial charge in [-0.3, -0.25) is 0 Å². The van der Waals surface area contributed by atoms with Gasteiger partial charge < -0.3 is 9.84 Å². The second-order valence-corrected chi connectivity index (χ2v) is 4.59. The van der Waals surface area contributed by atoms with Gasteiger partial charge in [0.1, 0.15) is 11.5 Å². The van der Waals surface area contributed by atoms with E-state index in [1.54, 1.807) is 18.2 Å². The number of ether oxygens (including phenoxy) is 1. The Bertz CT molecular complexity index is 630. The van der Waals surface area contributed by atoms with Crippen molar-refractivity contribution >= 4 is 5.97 Å². The fourth-order valence-corrected chi connectivity index (χ4v) is 1.89. The van der Waals surface area contributed by atoms with Gasteiger partial charge in [0.15, 0.2) is 0 Å². The summed E-state index contributed by atoms with van der Waals surface area (Å²) in [6, 6.07) is 10.6. The zero-order chi connectivity index (χ0) is 14.0. The number of aromatic carboxylic acids is 1. The number of hydrogen-bond donors (Lipinski definition) is 1. The Morgan fingerprint density at radius 1 is 1.05 bits per heavy atom. The van der Waals surface area contributed by atoms with Gasteiger partial charge in [0.05, 0.1) is 5.56 Å². The molecule has 0 fully saturated rings. The normalized spacial score (nSPS) is 10.3. The molecule has 2 aromatic carbocycles. The van der Waals surface area contributed by atoms with Crippen LogP contribution in [0, 0.1) is 20.8 Å². The molecule has 0 aliphatic rings. The summed E-state index contributed by atoms with van der Waals surface area (Å²) in [5.74, 6) is 0.377. The van der Waals surface area contributed by atoms with Crippen LogP contribution >= 0.6 is 0 Å². The van der Waals surface area contributed by atoms with E-state index < -0.39 is 5.97 Å². The Hall–Kier alpha value is -2.29. The summed E-state index contributed by atoms with van der Waals surface area (Å²) in [7, 11) is 0. The largest absolute Gasteiger partial charge is 0.478 e. The Balaban J connectivity index is 2.39. The number of aryl methyl sites for hydroxylation is 2. The summed E-state index contributed by atoms with van der Waals surface area (Å²) in [6.07, 6.45) is 0. The molecular weight excluding hydrogens is 240 g/mol. The molecule has 0 aliphatic carbocycles. The lowest BCUT2D eigenvalue weighted by Gasteiger charge is -2.13. The summed E-state index contributed by atoms with van der Waals surface area (Å²) in [6.45, 7) is 6.00. The van der Waals surface area contributed by atoms with Gasteiger partial charge in [-0.2, -0.15) is 0 Å². The SMILES string of the molecule is Cc1ccc(C)c(Oc2cccc(C(=O)O)c2)c1C. The molecule has 0 aliphatic heterocycles. The lowest BCUT2D eigenvalue weighted by atomic mass is 10.1. The first kappa shape index (κ1) is 13.1. The van der Waals surface area contributed by atoms with E-state index in [1.165, 1.54) is 6.07 Å². The smallest absolute Gasteiger partial charge is 0.335 e. The minimum Gasteiger partial charge on any atom is -0.478 e. The third-order valence-electron chi connectivity index (χ3n) is 3.17. The molecule has 0 spiro atoms. The van der Waals surface area contributed by atoms with Crippen LogP contribution in [-0.2, 0) is 0 Å². The molecule has 2 aromatic rings. The molecule has 2 rings (SSSR count). The van der Waals surface area contributed by atoms with Crippen molar-refractivity contribution in [3.8, 4) is 11.5 Å². The van der Waals surface area contributed by atoms with Crippen molar-refractivity contribution in [1.82, 2.24) is 0 Å². The Kier molecular flexibility index (Phi) is 3.56. The lowest BCUT2D eigenvalue weighted by molar-refractivity contribution is 0.0696. The molecule has 0 atom stereocenters. The number of carboxylic acids is 1. The van der Waals surface area contributed by atoms with Crippen LogP contribution in [0.2, 0.25) is 0 Å². The number of carbonyl (C=O) groups is 1. The van der Waals surface area contributed by atoms with Crippen molar-refractivity contribution in [3.63, 3.8) is 0 Å². The lowest BCUT2D eigenvalue weighted by Crippen LogP contribution is -1.97. The second kappa shape index (κ2) is 5.14. The standard InChI is InChI=1S/C16H16O3/c1-10-7-8-11(2)15(12(10)3)19-14-6-4-5-13(9-14)16(17)18/h4-9H,1-3H3,(H,17,18). The van der Waals surface area contributed by atoms with Gasteiger partial charge in [-0.15, -0.1) is 0 Å². The zero-order valence-corrected chi connectivity index (χ0v) is 11.2. The van der Waals surface area contributed by atoms with Crippen LogP contribution < -0.4 is 4.74 Å². The molecule has 0 radical (unpaired) electrons. The van der Waals surface area contributed by atoms with Crippen LogP contribution in [0.25, 0.3) is 0 Å². The van der Waals surface area contributed by atoms with Crippen LogP contribution in [0.3, 0.4) is 0 Å². The highest BCUT2D eigenvalue weighted by atomic mass is 16.5. The van der Waals surface area contributed by atoms with Gasteiger partial charge in [-0.1, -0.05) is 18.2 Å². The fourth-order valence-electron chi connectivity index (χ4n) is 1.89. The minimum atomic E-state index is -0.955. The molecule has 0 saturated carbocycles. The van der Waals surface area contributed by atoms with E-state index in [-0.39, 0.29) is 5.56 Å². The maximum Gasteiger partial charge on any atom is 0.335 e. The van der Waals surface area contributed by atoms with Crippen LogP contribution in [0.4, 0.5) is 0 Å². The molecule has 0 heterocycles. The first-order valence-corrected chi connectivity index (χ1v) is 6.07. The average Bonchev–Trinajstić information content (AvgIpc) is 2.39. The summed E-state index contributed by atoms with van der Waals surface area (Å²) in [5.41, 5.74) is 3.47. The summed E-state index contributed by atoms with van der Waals surface area (Å²) >= 11 is 0. The predicted molar refractivity (Wildman–Crippen MR) is 74.1 cm³/mol. The fraction of sp³-hybridized carbons (Fsp3) is 0.188. The van der Waals surface area contributed by atoms with E-state index in [2.05, 4.69) is 0 Å². The molecule has 98 valence electrons. The van der Waals surface area contributed by atoms with Gasteiger partial charge in [0, 0.05) is 0 Å². The minimum absolute atomic E-state index is 0.223. The number of hydrogen-bond acceptors (Lipinski definition) is 2. The van der Waals surface area contributed by atoms with E-state index in [4.69, 9.17) is 9.84 Å². The summed E-state index contributed by atoms with van der Waals surface area (Å²) in [5, 5.41) is 8.97. The molecule has 3 heteroatoms. The number of rotatable bonds is 3. The number of carboxylic acid groups (broad SMARTS) is 1. The van der Waals surface area contributed by atoms with Crippen molar-refractivity contribution < 1.29 is 14.6 Å². The maximum absolute atomic E-state index is 10.9. The first-order valence-electron chi connectivity index (χ1n) is 6.07. The van der Waals surface area contributed by atoms with Crippen LogP contribution in [0.5, 0.6) is 11.5 Å². The topological polar surface area (TPSA) is 46.5 Å². The van der Waals surface area contributed by atoms with Crippen molar-refractivity contribution in [1.29, 1.82) is 0 Å². The van der Waals surface area contributed by atoms with E-state index in [1.807, 2.05) is 32.9 Å². The molecule has 0 amide bonds. The molecule has 3 nitrogen and oxygen atoms in total. The highest BCUT2D eigenvalue weighted by Crippen LogP contribution is 2.30. The predicted octanol–water partition coefficient (Wildman–Crippen LogP) is 4.10. The molecule has 1 N–H and O–H groups in total. The van der Waals surface area contributed by atoms with Crippen LogP contribution in [0.15, 0.2) is 36.4 Å². The van der Waals surface area contributed by atoms with Gasteiger partial charge in [-0.25, -0.2) is 4.79 Å². The highest BCUT2D eigenvalue weighted by Gasteiger charge is 2.09. The van der Waals surface area contributed by atoms with E-state index in [9.17, 15) is 4.79 Å². The van der Waals surface area contributed by atoms with Crippen LogP contribution in [-0.4, -0.2) is 11.1 Å². The van der Waals surface area contributed by atoms with E-state index >= 15 is 0 Å². The molecule has 0 saturated heterocycles.